The Kier molecular flexibility index (Phi) is 3.14. The van der Waals surface area contributed by atoms with Crippen LogP contribution in [0.2, 0.25) is 0 Å². The van der Waals surface area contributed by atoms with Crippen molar-refractivity contribution >= 4 is 16.8 Å². The smallest absolute Gasteiger partial charge is 0.246 e. The molecule has 22 heavy (non-hydrogen) atoms. The van der Waals surface area contributed by atoms with Crippen LogP contribution in [0.5, 0.6) is 0 Å². The summed E-state index contributed by atoms with van der Waals surface area (Å²) < 4.78 is 5.32. The number of hydrogen-bond donors (Lipinski definition) is 1. The molecule has 0 radical (unpaired) electrons. The number of aromatic nitrogens is 3. The fourth-order valence-electron chi connectivity index (χ4n) is 2.88. The lowest BCUT2D eigenvalue weighted by Crippen LogP contribution is -2.34. The maximum atomic E-state index is 11.8. The van der Waals surface area contributed by atoms with E-state index in [1.807, 2.05) is 30.5 Å². The Bertz CT molecular complexity index is 820. The van der Waals surface area contributed by atoms with Gasteiger partial charge in [0.25, 0.3) is 0 Å². The van der Waals surface area contributed by atoms with Crippen molar-refractivity contribution in [2.24, 2.45) is 0 Å². The minimum atomic E-state index is 0.165. The first-order chi connectivity index (χ1) is 10.8. The van der Waals surface area contributed by atoms with Gasteiger partial charge in [-0.05, 0) is 18.9 Å². The molecule has 3 heterocycles. The zero-order valence-electron chi connectivity index (χ0n) is 12.1. The SMILES string of the molecule is O=C1CCCCN1Cc1nc(-c2c[nH]c3ccccc23)no1. The summed E-state index contributed by atoms with van der Waals surface area (Å²) in [6, 6.07) is 7.98. The third-order valence-electron chi connectivity index (χ3n) is 4.05. The number of hydrogen-bond acceptors (Lipinski definition) is 4. The van der Waals surface area contributed by atoms with E-state index in [-0.39, 0.29) is 5.91 Å². The van der Waals surface area contributed by atoms with E-state index in [1.165, 1.54) is 0 Å². The van der Waals surface area contributed by atoms with E-state index in [0.717, 1.165) is 35.9 Å². The first kappa shape index (κ1) is 13.1. The number of nitrogens with one attached hydrogen (secondary N) is 1. The Balaban J connectivity index is 1.60. The quantitative estimate of drug-likeness (QED) is 0.806. The molecule has 112 valence electrons. The summed E-state index contributed by atoms with van der Waals surface area (Å²) in [5.74, 6) is 1.20. The van der Waals surface area contributed by atoms with Crippen molar-refractivity contribution in [3.05, 3.63) is 36.4 Å². The Hall–Kier alpha value is -2.63. The number of fused-ring (bicyclic) bond motifs is 1. The highest BCUT2D eigenvalue weighted by molar-refractivity contribution is 5.93. The van der Waals surface area contributed by atoms with Crippen molar-refractivity contribution in [2.45, 2.75) is 25.8 Å². The van der Waals surface area contributed by atoms with Crippen LogP contribution in [0.3, 0.4) is 0 Å². The van der Waals surface area contributed by atoms with Crippen LogP contribution in [0.25, 0.3) is 22.3 Å². The maximum absolute atomic E-state index is 11.8. The molecular weight excluding hydrogens is 280 g/mol. The highest BCUT2D eigenvalue weighted by Crippen LogP contribution is 2.26. The molecule has 4 rings (SSSR count). The van der Waals surface area contributed by atoms with Crippen LogP contribution >= 0.6 is 0 Å². The van der Waals surface area contributed by atoms with Gasteiger partial charge in [0.2, 0.25) is 17.6 Å². The number of amides is 1. The molecule has 0 aliphatic carbocycles. The predicted octanol–water partition coefficient (Wildman–Crippen LogP) is 2.73. The first-order valence-electron chi connectivity index (χ1n) is 7.48. The molecule has 0 saturated carbocycles. The van der Waals surface area contributed by atoms with E-state index in [9.17, 15) is 4.79 Å². The number of H-pyrrole nitrogens is 1. The third kappa shape index (κ3) is 2.26. The van der Waals surface area contributed by atoms with Crippen LogP contribution in [0, 0.1) is 0 Å². The number of carbonyl (C=O) groups excluding carboxylic acids is 1. The van der Waals surface area contributed by atoms with Crippen molar-refractivity contribution < 1.29 is 9.32 Å². The zero-order valence-corrected chi connectivity index (χ0v) is 12.1. The summed E-state index contributed by atoms with van der Waals surface area (Å²) in [6.07, 6.45) is 4.50. The Morgan fingerprint density at radius 2 is 2.18 bits per heavy atom. The fraction of sp³-hybridized carbons (Fsp3) is 0.312. The van der Waals surface area contributed by atoms with Crippen LogP contribution in [0.4, 0.5) is 0 Å². The summed E-state index contributed by atoms with van der Waals surface area (Å²) in [5, 5.41) is 5.11. The molecule has 3 aromatic rings. The van der Waals surface area contributed by atoms with Gasteiger partial charge in [0.15, 0.2) is 0 Å². The number of benzene rings is 1. The van der Waals surface area contributed by atoms with Crippen molar-refractivity contribution in [2.75, 3.05) is 6.54 Å². The molecule has 1 aromatic carbocycles. The number of para-hydroxylation sites is 1. The van der Waals surface area contributed by atoms with Crippen LogP contribution in [0.15, 0.2) is 35.0 Å². The van der Waals surface area contributed by atoms with Crippen LogP contribution in [0.1, 0.15) is 25.2 Å². The Morgan fingerprint density at radius 3 is 3.09 bits per heavy atom. The molecule has 1 aliphatic rings. The second kappa shape index (κ2) is 5.29. The van der Waals surface area contributed by atoms with Gasteiger partial charge in [-0.25, -0.2) is 0 Å². The molecule has 0 bridgehead atoms. The normalized spacial score (nSPS) is 15.6. The van der Waals surface area contributed by atoms with Gasteiger partial charge in [0.05, 0.1) is 6.54 Å². The van der Waals surface area contributed by atoms with Crippen molar-refractivity contribution in [1.82, 2.24) is 20.0 Å². The molecule has 1 fully saturated rings. The van der Waals surface area contributed by atoms with E-state index in [0.29, 0.717) is 24.7 Å². The lowest BCUT2D eigenvalue weighted by atomic mass is 10.1. The molecule has 0 spiro atoms. The van der Waals surface area contributed by atoms with Crippen LogP contribution in [-0.2, 0) is 11.3 Å². The number of likely N-dealkylation sites (tertiary alicyclic amines) is 1. The van der Waals surface area contributed by atoms with Gasteiger partial charge in [-0.15, -0.1) is 0 Å². The predicted molar refractivity (Wildman–Crippen MR) is 80.9 cm³/mol. The molecule has 1 N–H and O–H groups in total. The maximum Gasteiger partial charge on any atom is 0.246 e. The largest absolute Gasteiger partial charge is 0.360 e. The van der Waals surface area contributed by atoms with Gasteiger partial charge in [0.1, 0.15) is 0 Å². The van der Waals surface area contributed by atoms with Gasteiger partial charge in [-0.1, -0.05) is 23.4 Å². The second-order valence-corrected chi connectivity index (χ2v) is 5.53. The molecule has 1 amide bonds. The number of rotatable bonds is 3. The monoisotopic (exact) mass is 296 g/mol. The average Bonchev–Trinajstić information content (AvgIpc) is 3.16. The second-order valence-electron chi connectivity index (χ2n) is 5.53. The van der Waals surface area contributed by atoms with Crippen molar-refractivity contribution in [3.63, 3.8) is 0 Å². The highest BCUT2D eigenvalue weighted by atomic mass is 16.5. The Morgan fingerprint density at radius 1 is 1.27 bits per heavy atom. The summed E-state index contributed by atoms with van der Waals surface area (Å²) >= 11 is 0. The van der Waals surface area contributed by atoms with Gasteiger partial charge in [-0.3, -0.25) is 4.79 Å². The fourth-order valence-corrected chi connectivity index (χ4v) is 2.88. The first-order valence-corrected chi connectivity index (χ1v) is 7.48. The summed E-state index contributed by atoms with van der Waals surface area (Å²) in [7, 11) is 0. The zero-order chi connectivity index (χ0) is 14.9. The summed E-state index contributed by atoms with van der Waals surface area (Å²) in [4.78, 5) is 21.3. The van der Waals surface area contributed by atoms with Gasteiger partial charge >= 0.3 is 0 Å². The molecule has 0 unspecified atom stereocenters. The summed E-state index contributed by atoms with van der Waals surface area (Å²) in [5.41, 5.74) is 1.95. The topological polar surface area (TPSA) is 75.0 Å². The molecule has 0 atom stereocenters. The van der Waals surface area contributed by atoms with E-state index in [4.69, 9.17) is 4.52 Å². The van der Waals surface area contributed by atoms with Gasteiger partial charge < -0.3 is 14.4 Å². The third-order valence-corrected chi connectivity index (χ3v) is 4.05. The number of carbonyl (C=O) groups is 1. The summed E-state index contributed by atoms with van der Waals surface area (Å²) in [6.45, 7) is 1.16. The van der Waals surface area contributed by atoms with Gasteiger partial charge in [-0.2, -0.15) is 4.98 Å². The van der Waals surface area contributed by atoms with E-state index in [1.54, 1.807) is 4.90 Å². The van der Waals surface area contributed by atoms with E-state index in [2.05, 4.69) is 15.1 Å². The standard InChI is InChI=1S/C16H16N4O2/c21-15-7-3-4-8-20(15)10-14-18-16(19-22-14)12-9-17-13-6-2-1-5-11(12)13/h1-2,5-6,9,17H,3-4,7-8,10H2. The van der Waals surface area contributed by atoms with Crippen LogP contribution in [-0.4, -0.2) is 32.5 Å². The van der Waals surface area contributed by atoms with Crippen molar-refractivity contribution in [1.29, 1.82) is 0 Å². The highest BCUT2D eigenvalue weighted by Gasteiger charge is 2.21. The Labute approximate surface area is 127 Å². The lowest BCUT2D eigenvalue weighted by Gasteiger charge is -2.24. The minimum absolute atomic E-state index is 0.165. The molecule has 2 aromatic heterocycles. The van der Waals surface area contributed by atoms with Crippen LogP contribution < -0.4 is 0 Å². The molecule has 6 nitrogen and oxygen atoms in total. The minimum Gasteiger partial charge on any atom is -0.360 e. The molecule has 1 aliphatic heterocycles. The average molecular weight is 296 g/mol. The van der Waals surface area contributed by atoms with Crippen molar-refractivity contribution in [3.8, 4) is 11.4 Å². The molecule has 6 heteroatoms. The van der Waals surface area contributed by atoms with E-state index < -0.39 is 0 Å². The number of nitrogens with zero attached hydrogens (tertiary/aromatic N) is 3. The lowest BCUT2D eigenvalue weighted by molar-refractivity contribution is -0.134. The number of piperidine rings is 1. The molecular formula is C16H16N4O2. The van der Waals surface area contributed by atoms with E-state index >= 15 is 0 Å². The molecule has 1 saturated heterocycles. The van der Waals surface area contributed by atoms with Gasteiger partial charge in [0, 0.05) is 35.6 Å². The number of aromatic amines is 1.